The summed E-state index contributed by atoms with van der Waals surface area (Å²) in [5.74, 6) is 0.535. The fourth-order valence-electron chi connectivity index (χ4n) is 2.53. The lowest BCUT2D eigenvalue weighted by Crippen LogP contribution is -2.20. The Kier molecular flexibility index (Phi) is 2.56. The van der Waals surface area contributed by atoms with E-state index in [2.05, 4.69) is 53.2 Å². The number of pyridine rings is 1. The lowest BCUT2D eigenvalue weighted by atomic mass is 9.99. The van der Waals surface area contributed by atoms with Crippen LogP contribution in [0.25, 0.3) is 6.08 Å². The molecule has 86 valence electrons. The maximum absolute atomic E-state index is 4.05. The van der Waals surface area contributed by atoms with Gasteiger partial charge >= 0.3 is 0 Å². The number of fused-ring (bicyclic) bond motifs is 1. The van der Waals surface area contributed by atoms with Gasteiger partial charge in [0, 0.05) is 37.1 Å². The number of hydrogen-bond acceptors (Lipinski definition) is 2. The Morgan fingerprint density at radius 3 is 2.94 bits per heavy atom. The van der Waals surface area contributed by atoms with Gasteiger partial charge in [0.25, 0.3) is 0 Å². The maximum Gasteiger partial charge on any atom is 0.0399 e. The average molecular weight is 224 g/mol. The Morgan fingerprint density at radius 1 is 1.35 bits per heavy atom. The molecule has 3 heterocycles. The van der Waals surface area contributed by atoms with Gasteiger partial charge in [-0.15, -0.1) is 0 Å². The summed E-state index contributed by atoms with van der Waals surface area (Å²) in [7, 11) is 0. The molecule has 2 aliphatic heterocycles. The van der Waals surface area contributed by atoms with Crippen molar-refractivity contribution in [2.75, 3.05) is 13.1 Å². The molecule has 1 saturated heterocycles. The summed E-state index contributed by atoms with van der Waals surface area (Å²) in [5.41, 5.74) is 4.19. The second-order valence-electron chi connectivity index (χ2n) is 4.62. The third-order valence-corrected chi connectivity index (χ3v) is 3.53. The van der Waals surface area contributed by atoms with Crippen molar-refractivity contribution in [3.8, 4) is 0 Å². The number of aromatic nitrogens is 1. The van der Waals surface area contributed by atoms with Crippen LogP contribution in [-0.2, 0) is 0 Å². The van der Waals surface area contributed by atoms with Gasteiger partial charge < -0.3 is 4.90 Å². The predicted molar refractivity (Wildman–Crippen MR) is 70.2 cm³/mol. The van der Waals surface area contributed by atoms with Crippen LogP contribution in [0.5, 0.6) is 0 Å². The quantitative estimate of drug-likeness (QED) is 0.729. The van der Waals surface area contributed by atoms with Gasteiger partial charge in [0.2, 0.25) is 0 Å². The first-order valence-corrected chi connectivity index (χ1v) is 6.07. The average Bonchev–Trinajstić information content (AvgIpc) is 2.68. The van der Waals surface area contributed by atoms with Crippen molar-refractivity contribution in [3.05, 3.63) is 59.6 Å². The molecule has 0 aliphatic carbocycles. The van der Waals surface area contributed by atoms with Crippen LogP contribution in [0.2, 0.25) is 0 Å². The monoisotopic (exact) mass is 224 g/mol. The fraction of sp³-hybridized carbons (Fsp3) is 0.267. The van der Waals surface area contributed by atoms with Gasteiger partial charge in [-0.25, -0.2) is 0 Å². The molecule has 1 aromatic rings. The summed E-state index contributed by atoms with van der Waals surface area (Å²) in [6, 6.07) is 4.12. The second-order valence-corrected chi connectivity index (χ2v) is 4.62. The predicted octanol–water partition coefficient (Wildman–Crippen LogP) is 2.87. The van der Waals surface area contributed by atoms with Crippen LogP contribution < -0.4 is 0 Å². The summed E-state index contributed by atoms with van der Waals surface area (Å²) in [4.78, 5) is 6.49. The molecule has 2 nitrogen and oxygen atoms in total. The number of hydrogen-bond donors (Lipinski definition) is 0. The van der Waals surface area contributed by atoms with Gasteiger partial charge in [-0.3, -0.25) is 4.98 Å². The molecule has 1 fully saturated rings. The van der Waals surface area contributed by atoms with E-state index in [1.54, 1.807) is 0 Å². The highest BCUT2D eigenvalue weighted by atomic mass is 15.2. The van der Waals surface area contributed by atoms with Crippen LogP contribution in [0.1, 0.15) is 12.5 Å². The summed E-state index contributed by atoms with van der Waals surface area (Å²) in [5, 5.41) is 0. The van der Waals surface area contributed by atoms with Crippen molar-refractivity contribution in [1.29, 1.82) is 0 Å². The Hall–Kier alpha value is -1.83. The van der Waals surface area contributed by atoms with E-state index < -0.39 is 0 Å². The normalized spacial score (nSPS) is 25.0. The lowest BCUT2D eigenvalue weighted by molar-refractivity contribution is 0.435. The minimum atomic E-state index is 0.535. The standard InChI is InChI=1S/C15H16N2/c1-12-14(10-13-5-7-16-8-6-13)11-17-9-3-2-4-15(12)17/h2-8,10,12H,9,11H2,1H3. The van der Waals surface area contributed by atoms with Crippen LogP contribution in [0.4, 0.5) is 0 Å². The van der Waals surface area contributed by atoms with Crippen LogP contribution >= 0.6 is 0 Å². The molecule has 1 unspecified atom stereocenters. The van der Waals surface area contributed by atoms with Gasteiger partial charge in [-0.1, -0.05) is 25.2 Å². The highest BCUT2D eigenvalue weighted by molar-refractivity contribution is 5.56. The molecule has 0 bridgehead atoms. The van der Waals surface area contributed by atoms with E-state index in [0.717, 1.165) is 13.1 Å². The molecule has 17 heavy (non-hydrogen) atoms. The van der Waals surface area contributed by atoms with Gasteiger partial charge in [0.15, 0.2) is 0 Å². The molecule has 2 aliphatic rings. The Morgan fingerprint density at radius 2 is 2.18 bits per heavy atom. The topological polar surface area (TPSA) is 16.1 Å². The molecule has 3 rings (SSSR count). The van der Waals surface area contributed by atoms with Crippen molar-refractivity contribution >= 4 is 6.08 Å². The molecule has 0 aromatic carbocycles. The molecule has 0 radical (unpaired) electrons. The smallest absolute Gasteiger partial charge is 0.0399 e. The van der Waals surface area contributed by atoms with E-state index in [0.29, 0.717) is 5.92 Å². The molecule has 0 amide bonds. The van der Waals surface area contributed by atoms with E-state index in [-0.39, 0.29) is 0 Å². The van der Waals surface area contributed by atoms with E-state index in [4.69, 9.17) is 0 Å². The lowest BCUT2D eigenvalue weighted by Gasteiger charge is -2.21. The van der Waals surface area contributed by atoms with E-state index in [1.807, 2.05) is 12.4 Å². The number of rotatable bonds is 1. The number of nitrogens with zero attached hydrogens (tertiary/aromatic N) is 2. The van der Waals surface area contributed by atoms with Crippen LogP contribution in [-0.4, -0.2) is 23.0 Å². The maximum atomic E-state index is 4.05. The third-order valence-electron chi connectivity index (χ3n) is 3.53. The van der Waals surface area contributed by atoms with Crippen molar-refractivity contribution in [2.45, 2.75) is 6.92 Å². The highest BCUT2D eigenvalue weighted by Gasteiger charge is 2.28. The molecule has 0 spiro atoms. The SMILES string of the molecule is CC1C(=Cc2ccncc2)CN2CC=CC=C12. The minimum absolute atomic E-state index is 0.535. The fourth-order valence-corrected chi connectivity index (χ4v) is 2.53. The zero-order chi connectivity index (χ0) is 11.7. The zero-order valence-electron chi connectivity index (χ0n) is 10.0. The zero-order valence-corrected chi connectivity index (χ0v) is 10.0. The molecular formula is C15H16N2. The Labute approximate surface area is 102 Å². The van der Waals surface area contributed by atoms with Crippen molar-refractivity contribution < 1.29 is 0 Å². The highest BCUT2D eigenvalue weighted by Crippen LogP contribution is 2.34. The van der Waals surface area contributed by atoms with Crippen LogP contribution in [0.3, 0.4) is 0 Å². The van der Waals surface area contributed by atoms with Gasteiger partial charge in [0.05, 0.1) is 0 Å². The minimum Gasteiger partial charge on any atom is -0.367 e. The first-order chi connectivity index (χ1) is 8.34. The summed E-state index contributed by atoms with van der Waals surface area (Å²) in [6.07, 6.45) is 12.6. The summed E-state index contributed by atoms with van der Waals surface area (Å²) in [6.45, 7) is 4.39. The van der Waals surface area contributed by atoms with Gasteiger partial charge in [-0.2, -0.15) is 0 Å². The largest absolute Gasteiger partial charge is 0.367 e. The molecule has 1 aromatic heterocycles. The van der Waals surface area contributed by atoms with Crippen LogP contribution in [0.15, 0.2) is 54.0 Å². The molecule has 0 saturated carbocycles. The van der Waals surface area contributed by atoms with Crippen molar-refractivity contribution in [1.82, 2.24) is 9.88 Å². The molecule has 1 atom stereocenters. The first-order valence-electron chi connectivity index (χ1n) is 6.07. The molecule has 0 N–H and O–H groups in total. The van der Waals surface area contributed by atoms with Gasteiger partial charge in [-0.05, 0) is 29.3 Å². The van der Waals surface area contributed by atoms with E-state index in [9.17, 15) is 0 Å². The second kappa shape index (κ2) is 4.21. The summed E-state index contributed by atoms with van der Waals surface area (Å²) >= 11 is 0. The number of allylic oxidation sites excluding steroid dienone is 3. The third kappa shape index (κ3) is 1.91. The van der Waals surface area contributed by atoms with E-state index in [1.165, 1.54) is 16.8 Å². The first kappa shape index (κ1) is 10.3. The van der Waals surface area contributed by atoms with Crippen LogP contribution in [0, 0.1) is 5.92 Å². The Balaban J connectivity index is 1.90. The van der Waals surface area contributed by atoms with E-state index >= 15 is 0 Å². The van der Waals surface area contributed by atoms with Gasteiger partial charge in [0.1, 0.15) is 0 Å². The molecule has 2 heteroatoms. The van der Waals surface area contributed by atoms with Crippen molar-refractivity contribution in [3.63, 3.8) is 0 Å². The Bertz CT molecular complexity index is 497. The van der Waals surface area contributed by atoms with Crippen molar-refractivity contribution in [2.24, 2.45) is 5.92 Å². The summed E-state index contributed by atoms with van der Waals surface area (Å²) < 4.78 is 0. The molecular weight excluding hydrogens is 208 g/mol.